The summed E-state index contributed by atoms with van der Waals surface area (Å²) in [4.78, 5) is 2.61. The molecular formula is C15H24N2O. The number of rotatable bonds is 4. The Labute approximate surface area is 110 Å². The van der Waals surface area contributed by atoms with Gasteiger partial charge < -0.3 is 9.73 Å². The molecule has 2 atom stereocenters. The van der Waals surface area contributed by atoms with Gasteiger partial charge in [-0.05, 0) is 36.8 Å². The van der Waals surface area contributed by atoms with E-state index in [1.54, 1.807) is 6.26 Å². The molecular weight excluding hydrogens is 224 g/mol. The topological polar surface area (TPSA) is 28.4 Å². The lowest BCUT2D eigenvalue weighted by atomic mass is 9.97. The van der Waals surface area contributed by atoms with Crippen LogP contribution in [0.5, 0.6) is 0 Å². The van der Waals surface area contributed by atoms with E-state index in [1.807, 2.05) is 6.07 Å². The van der Waals surface area contributed by atoms with Crippen LogP contribution in [0.25, 0.3) is 0 Å². The van der Waals surface area contributed by atoms with E-state index in [0.29, 0.717) is 18.0 Å². The van der Waals surface area contributed by atoms with Crippen molar-refractivity contribution >= 4 is 0 Å². The minimum Gasteiger partial charge on any atom is -0.468 e. The molecule has 1 saturated heterocycles. The molecule has 1 aliphatic heterocycles. The molecule has 0 amide bonds. The van der Waals surface area contributed by atoms with Crippen LogP contribution in [-0.4, -0.2) is 30.1 Å². The molecule has 2 unspecified atom stereocenters. The van der Waals surface area contributed by atoms with Crippen molar-refractivity contribution in [1.82, 2.24) is 10.2 Å². The summed E-state index contributed by atoms with van der Waals surface area (Å²) >= 11 is 0. The van der Waals surface area contributed by atoms with Gasteiger partial charge in [-0.15, -0.1) is 0 Å². The van der Waals surface area contributed by atoms with Crippen molar-refractivity contribution in [2.24, 2.45) is 11.8 Å². The number of piperazine rings is 1. The number of hydrogen-bond acceptors (Lipinski definition) is 3. The fraction of sp³-hybridized carbons (Fsp3) is 0.733. The normalized spacial score (nSPS) is 29.9. The predicted molar refractivity (Wildman–Crippen MR) is 72.3 cm³/mol. The molecule has 3 rings (SSSR count). The molecule has 100 valence electrons. The molecule has 18 heavy (non-hydrogen) atoms. The zero-order chi connectivity index (χ0) is 12.5. The van der Waals surface area contributed by atoms with E-state index in [-0.39, 0.29) is 0 Å². The standard InChI is InChI=1S/C15H24N2O/c1-11(2)15-8-16-14(12-5-6-12)10-17(15)9-13-4-3-7-18-13/h3-4,7,11-12,14-16H,5-6,8-10H2,1-2H3. The van der Waals surface area contributed by atoms with Crippen LogP contribution in [0.4, 0.5) is 0 Å². The first-order valence-corrected chi connectivity index (χ1v) is 7.24. The molecule has 1 N–H and O–H groups in total. The lowest BCUT2D eigenvalue weighted by Crippen LogP contribution is -2.58. The van der Waals surface area contributed by atoms with E-state index < -0.39 is 0 Å². The van der Waals surface area contributed by atoms with Gasteiger partial charge in [0.2, 0.25) is 0 Å². The van der Waals surface area contributed by atoms with Crippen LogP contribution in [0.2, 0.25) is 0 Å². The van der Waals surface area contributed by atoms with Crippen molar-refractivity contribution in [2.45, 2.75) is 45.3 Å². The van der Waals surface area contributed by atoms with Crippen LogP contribution >= 0.6 is 0 Å². The molecule has 2 fully saturated rings. The fourth-order valence-electron chi connectivity index (χ4n) is 3.11. The smallest absolute Gasteiger partial charge is 0.117 e. The van der Waals surface area contributed by atoms with Crippen molar-refractivity contribution in [3.63, 3.8) is 0 Å². The van der Waals surface area contributed by atoms with Crippen molar-refractivity contribution < 1.29 is 4.42 Å². The van der Waals surface area contributed by atoms with Crippen molar-refractivity contribution in [3.05, 3.63) is 24.2 Å². The quantitative estimate of drug-likeness (QED) is 0.887. The Bertz CT molecular complexity index is 370. The molecule has 2 aliphatic rings. The van der Waals surface area contributed by atoms with Gasteiger partial charge in [0.05, 0.1) is 12.8 Å². The Morgan fingerprint density at radius 2 is 2.28 bits per heavy atom. The Balaban J connectivity index is 1.68. The van der Waals surface area contributed by atoms with E-state index in [2.05, 4.69) is 30.1 Å². The van der Waals surface area contributed by atoms with Gasteiger partial charge in [0.25, 0.3) is 0 Å². The number of furan rings is 1. The molecule has 0 bridgehead atoms. The zero-order valence-electron chi connectivity index (χ0n) is 11.4. The molecule has 0 radical (unpaired) electrons. The fourth-order valence-corrected chi connectivity index (χ4v) is 3.11. The van der Waals surface area contributed by atoms with Gasteiger partial charge in [0, 0.05) is 25.2 Å². The minimum absolute atomic E-state index is 0.630. The molecule has 1 aromatic heterocycles. The first kappa shape index (κ1) is 12.2. The van der Waals surface area contributed by atoms with Gasteiger partial charge in [-0.2, -0.15) is 0 Å². The highest BCUT2D eigenvalue weighted by atomic mass is 16.3. The van der Waals surface area contributed by atoms with Crippen molar-refractivity contribution in [2.75, 3.05) is 13.1 Å². The third-order valence-electron chi connectivity index (χ3n) is 4.39. The average molecular weight is 248 g/mol. The third-order valence-corrected chi connectivity index (χ3v) is 4.39. The average Bonchev–Trinajstić information content (AvgIpc) is 3.08. The molecule has 1 aliphatic carbocycles. The Kier molecular flexibility index (Phi) is 3.44. The second-order valence-electron chi connectivity index (χ2n) is 6.17. The summed E-state index contributed by atoms with van der Waals surface area (Å²) in [5.74, 6) is 2.71. The second kappa shape index (κ2) is 5.06. The first-order valence-electron chi connectivity index (χ1n) is 7.24. The summed E-state index contributed by atoms with van der Waals surface area (Å²) in [5.41, 5.74) is 0. The lowest BCUT2D eigenvalue weighted by molar-refractivity contribution is 0.0786. The van der Waals surface area contributed by atoms with E-state index in [1.165, 1.54) is 19.4 Å². The highest BCUT2D eigenvalue weighted by Crippen LogP contribution is 2.35. The van der Waals surface area contributed by atoms with Gasteiger partial charge in [0.1, 0.15) is 5.76 Å². The van der Waals surface area contributed by atoms with Gasteiger partial charge in [-0.3, -0.25) is 4.90 Å². The Hall–Kier alpha value is -0.800. The molecule has 2 heterocycles. The van der Waals surface area contributed by atoms with E-state index >= 15 is 0 Å². The van der Waals surface area contributed by atoms with Gasteiger partial charge in [-0.1, -0.05) is 13.8 Å². The molecule has 0 aromatic carbocycles. The highest BCUT2D eigenvalue weighted by molar-refractivity contribution is 5.01. The summed E-state index contributed by atoms with van der Waals surface area (Å²) in [7, 11) is 0. The molecule has 3 heteroatoms. The third kappa shape index (κ3) is 2.62. The largest absolute Gasteiger partial charge is 0.468 e. The molecule has 1 aromatic rings. The maximum Gasteiger partial charge on any atom is 0.117 e. The second-order valence-corrected chi connectivity index (χ2v) is 6.17. The van der Waals surface area contributed by atoms with Crippen molar-refractivity contribution in [3.8, 4) is 0 Å². The first-order chi connectivity index (χ1) is 8.74. The summed E-state index contributed by atoms with van der Waals surface area (Å²) in [6.45, 7) is 7.90. The predicted octanol–water partition coefficient (Wildman–Crippen LogP) is 2.49. The van der Waals surface area contributed by atoms with Crippen LogP contribution in [-0.2, 0) is 6.54 Å². The van der Waals surface area contributed by atoms with Gasteiger partial charge in [0.15, 0.2) is 0 Å². The summed E-state index contributed by atoms with van der Waals surface area (Å²) in [6, 6.07) is 5.41. The van der Waals surface area contributed by atoms with Crippen LogP contribution < -0.4 is 5.32 Å². The van der Waals surface area contributed by atoms with Gasteiger partial charge in [-0.25, -0.2) is 0 Å². The Morgan fingerprint density at radius 3 is 2.89 bits per heavy atom. The van der Waals surface area contributed by atoms with E-state index in [4.69, 9.17) is 4.42 Å². The van der Waals surface area contributed by atoms with Crippen LogP contribution in [0.3, 0.4) is 0 Å². The lowest BCUT2D eigenvalue weighted by Gasteiger charge is -2.42. The maximum atomic E-state index is 5.51. The Morgan fingerprint density at radius 1 is 1.44 bits per heavy atom. The van der Waals surface area contributed by atoms with Crippen LogP contribution in [0.15, 0.2) is 22.8 Å². The number of nitrogens with zero attached hydrogens (tertiary/aromatic N) is 1. The van der Waals surface area contributed by atoms with Gasteiger partial charge >= 0.3 is 0 Å². The molecule has 0 spiro atoms. The summed E-state index contributed by atoms with van der Waals surface area (Å²) in [6.07, 6.45) is 4.61. The monoisotopic (exact) mass is 248 g/mol. The maximum absolute atomic E-state index is 5.51. The highest BCUT2D eigenvalue weighted by Gasteiger charge is 2.38. The number of hydrogen-bond donors (Lipinski definition) is 1. The van der Waals surface area contributed by atoms with E-state index in [0.717, 1.165) is 24.8 Å². The summed E-state index contributed by atoms with van der Waals surface area (Å²) in [5, 5.41) is 3.75. The van der Waals surface area contributed by atoms with Crippen LogP contribution in [0.1, 0.15) is 32.4 Å². The molecule has 3 nitrogen and oxygen atoms in total. The summed E-state index contributed by atoms with van der Waals surface area (Å²) < 4.78 is 5.51. The van der Waals surface area contributed by atoms with E-state index in [9.17, 15) is 0 Å². The molecule has 1 saturated carbocycles. The SMILES string of the molecule is CC(C)C1CNC(C2CC2)CN1Cc1ccco1. The van der Waals surface area contributed by atoms with Crippen molar-refractivity contribution in [1.29, 1.82) is 0 Å². The van der Waals surface area contributed by atoms with Crippen LogP contribution in [0, 0.1) is 11.8 Å². The minimum atomic E-state index is 0.630. The number of nitrogens with one attached hydrogen (secondary N) is 1. The zero-order valence-corrected chi connectivity index (χ0v) is 11.4.